The molecule has 0 aliphatic carbocycles. The molecule has 2 amide bonds. The van der Waals surface area contributed by atoms with Crippen LogP contribution in [-0.2, 0) is 16.0 Å². The van der Waals surface area contributed by atoms with Crippen LogP contribution in [0.25, 0.3) is 0 Å². The maximum absolute atomic E-state index is 12.9. The van der Waals surface area contributed by atoms with E-state index in [9.17, 15) is 9.59 Å². The Bertz CT molecular complexity index is 710. The van der Waals surface area contributed by atoms with E-state index in [-0.39, 0.29) is 17.7 Å². The highest BCUT2D eigenvalue weighted by Gasteiger charge is 2.37. The monoisotopic (exact) mass is 388 g/mol. The number of amides is 2. The van der Waals surface area contributed by atoms with Crippen LogP contribution in [0.4, 0.5) is 0 Å². The molecule has 6 nitrogen and oxygen atoms in total. The Morgan fingerprint density at radius 1 is 1.07 bits per heavy atom. The number of hydrogen-bond acceptors (Lipinski definition) is 4. The summed E-state index contributed by atoms with van der Waals surface area (Å²) in [5, 5.41) is 0. The molecule has 28 heavy (non-hydrogen) atoms. The number of carbonyl (C=O) groups is 2. The van der Waals surface area contributed by atoms with Crippen LogP contribution in [0.15, 0.2) is 18.2 Å². The van der Waals surface area contributed by atoms with Crippen molar-refractivity contribution in [1.82, 2.24) is 9.80 Å². The van der Waals surface area contributed by atoms with E-state index in [2.05, 4.69) is 13.8 Å². The molecule has 3 unspecified atom stereocenters. The van der Waals surface area contributed by atoms with Crippen LogP contribution in [0.2, 0.25) is 0 Å². The zero-order chi connectivity index (χ0) is 20.3. The third-order valence-corrected chi connectivity index (χ3v) is 5.86. The van der Waals surface area contributed by atoms with Crippen LogP contribution in [0.5, 0.6) is 11.5 Å². The molecule has 154 valence electrons. The molecule has 2 aliphatic heterocycles. The Balaban J connectivity index is 1.57. The van der Waals surface area contributed by atoms with Gasteiger partial charge in [-0.2, -0.15) is 0 Å². The van der Waals surface area contributed by atoms with Crippen LogP contribution in [-0.4, -0.2) is 62.0 Å². The smallest absolute Gasteiger partial charge is 0.228 e. The molecule has 1 aromatic rings. The predicted molar refractivity (Wildman–Crippen MR) is 107 cm³/mol. The molecule has 0 saturated carbocycles. The van der Waals surface area contributed by atoms with Crippen molar-refractivity contribution in [1.29, 1.82) is 0 Å². The standard InChI is InChI=1S/C22H32N2O4/c1-15-9-16(2)13-24(12-15)22(26)18-11-21(25)23(14-18)8-7-17-5-6-19(27-3)20(10-17)28-4/h5-6,10,15-16,18H,7-9,11-14H2,1-4H3. The lowest BCUT2D eigenvalue weighted by Gasteiger charge is -2.36. The molecule has 6 heteroatoms. The second-order valence-electron chi connectivity index (χ2n) is 8.37. The molecule has 0 bridgehead atoms. The van der Waals surface area contributed by atoms with Crippen molar-refractivity contribution in [2.45, 2.75) is 33.1 Å². The number of benzene rings is 1. The number of carbonyl (C=O) groups excluding carboxylic acids is 2. The number of likely N-dealkylation sites (tertiary alicyclic amines) is 2. The summed E-state index contributed by atoms with van der Waals surface area (Å²) in [5.74, 6) is 2.48. The minimum atomic E-state index is -0.199. The molecule has 2 saturated heterocycles. The van der Waals surface area contributed by atoms with Gasteiger partial charge in [0.1, 0.15) is 0 Å². The van der Waals surface area contributed by atoms with Crippen LogP contribution in [0.1, 0.15) is 32.3 Å². The zero-order valence-corrected chi connectivity index (χ0v) is 17.4. The first-order valence-electron chi connectivity index (χ1n) is 10.2. The Kier molecular flexibility index (Phi) is 6.47. The summed E-state index contributed by atoms with van der Waals surface area (Å²) in [4.78, 5) is 29.2. The van der Waals surface area contributed by atoms with Gasteiger partial charge in [0.05, 0.1) is 20.1 Å². The van der Waals surface area contributed by atoms with Gasteiger partial charge in [0.2, 0.25) is 11.8 Å². The number of hydrogen-bond donors (Lipinski definition) is 0. The predicted octanol–water partition coefficient (Wildman–Crippen LogP) is 2.60. The van der Waals surface area contributed by atoms with Crippen LogP contribution < -0.4 is 9.47 Å². The molecular weight excluding hydrogens is 356 g/mol. The normalized spacial score (nSPS) is 25.1. The van der Waals surface area contributed by atoms with Gasteiger partial charge >= 0.3 is 0 Å². The SMILES string of the molecule is COc1ccc(CCN2CC(C(=O)N3CC(C)CC(C)C3)CC2=O)cc1OC. The van der Waals surface area contributed by atoms with Gasteiger partial charge in [0, 0.05) is 32.6 Å². The van der Waals surface area contributed by atoms with Crippen molar-refractivity contribution >= 4 is 11.8 Å². The highest BCUT2D eigenvalue weighted by atomic mass is 16.5. The second kappa shape index (κ2) is 8.84. The van der Waals surface area contributed by atoms with E-state index in [0.717, 1.165) is 25.1 Å². The number of rotatable bonds is 6. The molecule has 1 aromatic carbocycles. The average Bonchev–Trinajstić information content (AvgIpc) is 3.05. The second-order valence-corrected chi connectivity index (χ2v) is 8.37. The summed E-state index contributed by atoms with van der Waals surface area (Å²) in [6.45, 7) is 7.18. The Hall–Kier alpha value is -2.24. The summed E-state index contributed by atoms with van der Waals surface area (Å²) in [6, 6.07) is 5.81. The topological polar surface area (TPSA) is 59.1 Å². The van der Waals surface area contributed by atoms with Gasteiger partial charge in [0.25, 0.3) is 0 Å². The molecule has 0 aromatic heterocycles. The summed E-state index contributed by atoms with van der Waals surface area (Å²) in [5.41, 5.74) is 1.08. The fraction of sp³-hybridized carbons (Fsp3) is 0.636. The molecule has 0 spiro atoms. The van der Waals surface area contributed by atoms with Crippen molar-refractivity contribution in [3.8, 4) is 11.5 Å². The summed E-state index contributed by atoms with van der Waals surface area (Å²) in [6.07, 6.45) is 2.24. The molecular formula is C22H32N2O4. The fourth-order valence-electron chi connectivity index (χ4n) is 4.55. The lowest BCUT2D eigenvalue weighted by Crippen LogP contribution is -2.45. The van der Waals surface area contributed by atoms with Crippen molar-refractivity contribution in [2.24, 2.45) is 17.8 Å². The van der Waals surface area contributed by atoms with E-state index in [1.165, 1.54) is 6.42 Å². The van der Waals surface area contributed by atoms with Crippen LogP contribution in [0.3, 0.4) is 0 Å². The van der Waals surface area contributed by atoms with Crippen molar-refractivity contribution in [3.05, 3.63) is 23.8 Å². The first-order chi connectivity index (χ1) is 13.4. The van der Waals surface area contributed by atoms with Gasteiger partial charge in [0.15, 0.2) is 11.5 Å². The third kappa shape index (κ3) is 4.59. The number of methoxy groups -OCH3 is 2. The number of nitrogens with zero attached hydrogens (tertiary/aromatic N) is 2. The molecule has 0 radical (unpaired) electrons. The van der Waals surface area contributed by atoms with Crippen molar-refractivity contribution in [3.63, 3.8) is 0 Å². The van der Waals surface area contributed by atoms with Gasteiger partial charge in [-0.25, -0.2) is 0 Å². The Morgan fingerprint density at radius 2 is 1.75 bits per heavy atom. The van der Waals surface area contributed by atoms with Gasteiger partial charge in [-0.05, 0) is 42.4 Å². The van der Waals surface area contributed by atoms with E-state index in [1.54, 1.807) is 14.2 Å². The number of piperidine rings is 1. The molecule has 0 N–H and O–H groups in total. The van der Waals surface area contributed by atoms with Crippen LogP contribution in [0, 0.1) is 17.8 Å². The lowest BCUT2D eigenvalue weighted by molar-refractivity contribution is -0.138. The molecule has 3 atom stereocenters. The highest BCUT2D eigenvalue weighted by Crippen LogP contribution is 2.29. The number of ether oxygens (including phenoxy) is 2. The minimum Gasteiger partial charge on any atom is -0.493 e. The summed E-state index contributed by atoms with van der Waals surface area (Å²) in [7, 11) is 3.23. The molecule has 2 heterocycles. The lowest BCUT2D eigenvalue weighted by atomic mass is 9.91. The maximum atomic E-state index is 12.9. The van der Waals surface area contributed by atoms with E-state index in [4.69, 9.17) is 9.47 Å². The van der Waals surface area contributed by atoms with Gasteiger partial charge < -0.3 is 19.3 Å². The largest absolute Gasteiger partial charge is 0.493 e. The Labute approximate surface area is 167 Å². The minimum absolute atomic E-state index is 0.0805. The first-order valence-corrected chi connectivity index (χ1v) is 10.2. The summed E-state index contributed by atoms with van der Waals surface area (Å²) < 4.78 is 10.6. The van der Waals surface area contributed by atoms with E-state index >= 15 is 0 Å². The average molecular weight is 389 g/mol. The quantitative estimate of drug-likeness (QED) is 0.752. The maximum Gasteiger partial charge on any atom is 0.228 e. The van der Waals surface area contributed by atoms with Gasteiger partial charge in [-0.3, -0.25) is 9.59 Å². The van der Waals surface area contributed by atoms with Crippen molar-refractivity contribution < 1.29 is 19.1 Å². The highest BCUT2D eigenvalue weighted by molar-refractivity contribution is 5.89. The van der Waals surface area contributed by atoms with Gasteiger partial charge in [-0.1, -0.05) is 19.9 Å². The van der Waals surface area contributed by atoms with Crippen LogP contribution >= 0.6 is 0 Å². The van der Waals surface area contributed by atoms with Gasteiger partial charge in [-0.15, -0.1) is 0 Å². The zero-order valence-electron chi connectivity index (χ0n) is 17.4. The van der Waals surface area contributed by atoms with E-state index in [1.807, 2.05) is 28.0 Å². The Morgan fingerprint density at radius 3 is 2.39 bits per heavy atom. The first kappa shape index (κ1) is 20.5. The molecule has 3 rings (SSSR count). The fourth-order valence-corrected chi connectivity index (χ4v) is 4.55. The molecule has 2 fully saturated rings. The van der Waals surface area contributed by atoms with Crippen molar-refractivity contribution in [2.75, 3.05) is 40.4 Å². The van der Waals surface area contributed by atoms with E-state index < -0.39 is 0 Å². The summed E-state index contributed by atoms with van der Waals surface area (Å²) >= 11 is 0. The molecule has 2 aliphatic rings. The third-order valence-electron chi connectivity index (χ3n) is 5.86. The van der Waals surface area contributed by atoms with E-state index in [0.29, 0.717) is 42.8 Å².